The molecule has 1 aliphatic carbocycles. The number of carbonyl (C=O) groups excluding carboxylic acids is 3. The second kappa shape index (κ2) is 10.2. The second-order valence-electron chi connectivity index (χ2n) is 9.71. The lowest BCUT2D eigenvalue weighted by molar-refractivity contribution is -0.131. The number of rotatable bonds is 7. The summed E-state index contributed by atoms with van der Waals surface area (Å²) < 4.78 is 0. The van der Waals surface area contributed by atoms with Crippen LogP contribution in [0.4, 0.5) is 11.4 Å². The number of piperidine rings is 1. The fourth-order valence-electron chi connectivity index (χ4n) is 5.08. The highest BCUT2D eigenvalue weighted by Gasteiger charge is 2.39. The molecular weight excluding hydrogens is 418 g/mol. The molecule has 3 N–H and O–H groups in total. The molecule has 2 heterocycles. The van der Waals surface area contributed by atoms with Crippen molar-refractivity contribution in [2.24, 2.45) is 11.7 Å². The molecule has 3 amide bonds. The molecule has 3 aliphatic rings. The molecule has 1 aromatic rings. The summed E-state index contributed by atoms with van der Waals surface area (Å²) in [6, 6.07) is 5.88. The number of likely N-dealkylation sites (tertiary alicyclic amines) is 1. The molecule has 33 heavy (non-hydrogen) atoms. The third kappa shape index (κ3) is 5.22. The number of hydrogen-bond donors (Lipinski definition) is 2. The van der Waals surface area contributed by atoms with Crippen LogP contribution in [0.1, 0.15) is 57.4 Å². The third-order valence-electron chi connectivity index (χ3n) is 7.10. The molecule has 8 heteroatoms. The Morgan fingerprint density at radius 1 is 1.12 bits per heavy atom. The van der Waals surface area contributed by atoms with Gasteiger partial charge in [0.2, 0.25) is 17.7 Å². The lowest BCUT2D eigenvalue weighted by Crippen LogP contribution is -2.51. The molecule has 2 atom stereocenters. The molecule has 4 rings (SSSR count). The largest absolute Gasteiger partial charge is 0.342 e. The van der Waals surface area contributed by atoms with Gasteiger partial charge in [-0.1, -0.05) is 6.07 Å². The number of carbonyl (C=O) groups is 3. The molecule has 1 saturated heterocycles. The fraction of sp³-hybridized carbons (Fsp3) is 0.640. The Balaban J connectivity index is 1.50. The van der Waals surface area contributed by atoms with Gasteiger partial charge in [0.15, 0.2) is 0 Å². The van der Waals surface area contributed by atoms with E-state index in [2.05, 4.69) is 5.32 Å². The number of nitrogens with two attached hydrogens (primary N) is 1. The van der Waals surface area contributed by atoms with E-state index in [1.54, 1.807) is 11.8 Å². The van der Waals surface area contributed by atoms with Gasteiger partial charge < -0.3 is 25.8 Å². The van der Waals surface area contributed by atoms with E-state index in [0.717, 1.165) is 55.7 Å². The molecule has 1 unspecified atom stereocenters. The molecule has 0 bridgehead atoms. The zero-order chi connectivity index (χ0) is 23.5. The summed E-state index contributed by atoms with van der Waals surface area (Å²) in [5.41, 5.74) is 8.70. The predicted octanol–water partition coefficient (Wildman–Crippen LogP) is 1.83. The summed E-state index contributed by atoms with van der Waals surface area (Å²) in [4.78, 5) is 43.4. The first kappa shape index (κ1) is 23.7. The van der Waals surface area contributed by atoms with Crippen LogP contribution in [0.2, 0.25) is 0 Å². The Morgan fingerprint density at radius 3 is 2.48 bits per heavy atom. The predicted molar refractivity (Wildman–Crippen MR) is 129 cm³/mol. The Kier molecular flexibility index (Phi) is 7.34. The fourth-order valence-corrected chi connectivity index (χ4v) is 5.08. The van der Waals surface area contributed by atoms with Crippen molar-refractivity contribution in [1.29, 1.82) is 0 Å². The van der Waals surface area contributed by atoms with Crippen molar-refractivity contribution in [3.8, 4) is 0 Å². The third-order valence-corrected chi connectivity index (χ3v) is 7.10. The summed E-state index contributed by atoms with van der Waals surface area (Å²) >= 11 is 0. The average Bonchev–Trinajstić information content (AvgIpc) is 3.66. The van der Waals surface area contributed by atoms with Crippen molar-refractivity contribution in [3.63, 3.8) is 0 Å². The maximum absolute atomic E-state index is 13.0. The number of nitrogens with one attached hydrogen (secondary N) is 1. The SMILES string of the molecule is CC(=O)N1c2ccc(C(CN)CNCC(=O)N3CCCCC3)cc2N(C(=O)C2CC2)C[C@@H]1C. The highest BCUT2D eigenvalue weighted by atomic mass is 16.2. The molecule has 8 nitrogen and oxygen atoms in total. The minimum atomic E-state index is -0.0729. The minimum Gasteiger partial charge on any atom is -0.342 e. The van der Waals surface area contributed by atoms with E-state index in [1.807, 2.05) is 34.9 Å². The molecule has 2 fully saturated rings. The first-order valence-electron chi connectivity index (χ1n) is 12.3. The topological polar surface area (TPSA) is 99.0 Å². The zero-order valence-electron chi connectivity index (χ0n) is 19.9. The number of benzene rings is 1. The number of fused-ring (bicyclic) bond motifs is 1. The van der Waals surface area contributed by atoms with Crippen LogP contribution in [-0.2, 0) is 14.4 Å². The van der Waals surface area contributed by atoms with Gasteiger partial charge in [-0.15, -0.1) is 0 Å². The summed E-state index contributed by atoms with van der Waals surface area (Å²) in [5.74, 6) is 0.377. The quantitative estimate of drug-likeness (QED) is 0.654. The van der Waals surface area contributed by atoms with Crippen LogP contribution in [0.3, 0.4) is 0 Å². The Labute approximate surface area is 196 Å². The zero-order valence-corrected chi connectivity index (χ0v) is 19.9. The lowest BCUT2D eigenvalue weighted by atomic mass is 9.95. The van der Waals surface area contributed by atoms with E-state index >= 15 is 0 Å². The summed E-state index contributed by atoms with van der Waals surface area (Å²) in [6.45, 7) is 7.06. The van der Waals surface area contributed by atoms with Gasteiger partial charge in [0.1, 0.15) is 0 Å². The first-order valence-corrected chi connectivity index (χ1v) is 12.3. The van der Waals surface area contributed by atoms with Crippen LogP contribution in [0, 0.1) is 5.92 Å². The molecule has 1 aromatic carbocycles. The summed E-state index contributed by atoms with van der Waals surface area (Å²) in [7, 11) is 0. The molecule has 0 radical (unpaired) electrons. The Bertz CT molecular complexity index is 894. The number of nitrogens with zero attached hydrogens (tertiary/aromatic N) is 3. The maximum Gasteiger partial charge on any atom is 0.236 e. The van der Waals surface area contributed by atoms with E-state index in [4.69, 9.17) is 5.73 Å². The van der Waals surface area contributed by atoms with Crippen LogP contribution in [0.5, 0.6) is 0 Å². The number of anilines is 2. The second-order valence-corrected chi connectivity index (χ2v) is 9.71. The Hall–Kier alpha value is -2.45. The van der Waals surface area contributed by atoms with E-state index in [1.165, 1.54) is 6.42 Å². The van der Waals surface area contributed by atoms with E-state index in [9.17, 15) is 14.4 Å². The molecule has 1 saturated carbocycles. The van der Waals surface area contributed by atoms with Crippen LogP contribution in [0.15, 0.2) is 18.2 Å². The number of hydrogen-bond acceptors (Lipinski definition) is 5. The summed E-state index contributed by atoms with van der Waals surface area (Å²) in [5, 5.41) is 3.29. The van der Waals surface area contributed by atoms with Gasteiger partial charge in [0.05, 0.1) is 24.0 Å². The average molecular weight is 456 g/mol. The number of amides is 3. The van der Waals surface area contributed by atoms with Gasteiger partial charge in [0.25, 0.3) is 0 Å². The van der Waals surface area contributed by atoms with Gasteiger partial charge in [-0.05, 0) is 56.7 Å². The van der Waals surface area contributed by atoms with Gasteiger partial charge in [-0.2, -0.15) is 0 Å². The monoisotopic (exact) mass is 455 g/mol. The van der Waals surface area contributed by atoms with E-state index in [0.29, 0.717) is 26.2 Å². The van der Waals surface area contributed by atoms with Gasteiger partial charge in [-0.25, -0.2) is 0 Å². The first-order chi connectivity index (χ1) is 15.9. The van der Waals surface area contributed by atoms with Crippen LogP contribution in [0.25, 0.3) is 0 Å². The van der Waals surface area contributed by atoms with Crippen molar-refractivity contribution in [2.45, 2.75) is 57.9 Å². The van der Waals surface area contributed by atoms with Crippen molar-refractivity contribution < 1.29 is 14.4 Å². The van der Waals surface area contributed by atoms with Gasteiger partial charge in [-0.3, -0.25) is 14.4 Å². The lowest BCUT2D eigenvalue weighted by Gasteiger charge is -2.41. The minimum absolute atomic E-state index is 0.00691. The van der Waals surface area contributed by atoms with Gasteiger partial charge >= 0.3 is 0 Å². The molecule has 2 aliphatic heterocycles. The molecular formula is C25H37N5O3. The van der Waals surface area contributed by atoms with Gasteiger partial charge in [0, 0.05) is 51.5 Å². The standard InChI is InChI=1S/C25H37N5O3/c1-17-16-29(25(33)19-6-7-19)23-12-20(8-9-22(23)30(17)18(2)31)21(13-26)14-27-15-24(32)28-10-4-3-5-11-28/h8-9,12,17,19,21,27H,3-7,10-11,13-16,26H2,1-2H3/t17-,21?/m0/s1. The van der Waals surface area contributed by atoms with Crippen molar-refractivity contribution in [3.05, 3.63) is 23.8 Å². The van der Waals surface area contributed by atoms with Crippen molar-refractivity contribution >= 4 is 29.1 Å². The van der Waals surface area contributed by atoms with Crippen molar-refractivity contribution in [1.82, 2.24) is 10.2 Å². The maximum atomic E-state index is 13.0. The molecule has 0 aromatic heterocycles. The van der Waals surface area contributed by atoms with Crippen LogP contribution < -0.4 is 20.9 Å². The van der Waals surface area contributed by atoms with E-state index < -0.39 is 0 Å². The van der Waals surface area contributed by atoms with Crippen LogP contribution >= 0.6 is 0 Å². The normalized spacial score (nSPS) is 21.5. The summed E-state index contributed by atoms with van der Waals surface area (Å²) in [6.07, 6.45) is 5.24. The smallest absolute Gasteiger partial charge is 0.236 e. The molecule has 0 spiro atoms. The highest BCUT2D eigenvalue weighted by Crippen LogP contribution is 2.41. The van der Waals surface area contributed by atoms with Crippen molar-refractivity contribution in [2.75, 3.05) is 49.1 Å². The highest BCUT2D eigenvalue weighted by molar-refractivity contribution is 6.05. The Morgan fingerprint density at radius 2 is 1.85 bits per heavy atom. The molecule has 180 valence electrons. The van der Waals surface area contributed by atoms with Crippen LogP contribution in [-0.4, -0.2) is 67.9 Å². The van der Waals surface area contributed by atoms with E-state index in [-0.39, 0.29) is 35.6 Å².